The van der Waals surface area contributed by atoms with Crippen LogP contribution in [-0.4, -0.2) is 18.7 Å². The molecule has 25 heavy (non-hydrogen) atoms. The number of ether oxygens (including phenoxy) is 2. The minimum absolute atomic E-state index is 0.283. The van der Waals surface area contributed by atoms with E-state index >= 15 is 0 Å². The van der Waals surface area contributed by atoms with Crippen molar-refractivity contribution in [2.45, 2.75) is 40.0 Å². The van der Waals surface area contributed by atoms with Crippen LogP contribution in [0.25, 0.3) is 11.1 Å². The van der Waals surface area contributed by atoms with E-state index in [2.05, 4.69) is 24.9 Å². The second-order valence-corrected chi connectivity index (χ2v) is 5.69. The first-order valence-corrected chi connectivity index (χ1v) is 8.63. The Morgan fingerprint density at radius 3 is 2.52 bits per heavy atom. The Bertz CT molecular complexity index is 795. The van der Waals surface area contributed by atoms with Crippen molar-refractivity contribution in [2.75, 3.05) is 19.5 Å². The smallest absolute Gasteiger partial charge is 0.161 e. The van der Waals surface area contributed by atoms with Gasteiger partial charge >= 0.3 is 0 Å². The summed E-state index contributed by atoms with van der Waals surface area (Å²) in [4.78, 5) is 4.48. The van der Waals surface area contributed by atoms with E-state index in [1.807, 2.05) is 25.1 Å². The molecule has 1 heterocycles. The van der Waals surface area contributed by atoms with E-state index in [-0.39, 0.29) is 5.82 Å². The molecule has 2 N–H and O–H groups in total. The van der Waals surface area contributed by atoms with Gasteiger partial charge in [-0.3, -0.25) is 0 Å². The molecule has 5 heteroatoms. The van der Waals surface area contributed by atoms with Crippen molar-refractivity contribution in [1.82, 2.24) is 4.98 Å². The number of nitrogen functional groups attached to an aromatic ring is 1. The minimum Gasteiger partial charge on any atom is -0.493 e. The zero-order valence-corrected chi connectivity index (χ0v) is 15.3. The van der Waals surface area contributed by atoms with Crippen molar-refractivity contribution in [1.29, 1.82) is 5.26 Å². The van der Waals surface area contributed by atoms with Crippen LogP contribution in [0.15, 0.2) is 18.2 Å². The summed E-state index contributed by atoms with van der Waals surface area (Å²) in [7, 11) is 1.61. The van der Waals surface area contributed by atoms with Gasteiger partial charge in [0.2, 0.25) is 0 Å². The van der Waals surface area contributed by atoms with Crippen LogP contribution in [0.5, 0.6) is 11.5 Å². The molecule has 0 unspecified atom stereocenters. The molecule has 0 atom stereocenters. The van der Waals surface area contributed by atoms with Gasteiger partial charge in [0, 0.05) is 11.3 Å². The molecule has 0 spiro atoms. The van der Waals surface area contributed by atoms with Crippen LogP contribution in [0.1, 0.15) is 44.0 Å². The third-order valence-corrected chi connectivity index (χ3v) is 4.12. The molecule has 2 rings (SSSR count). The van der Waals surface area contributed by atoms with Gasteiger partial charge in [0.25, 0.3) is 0 Å². The maximum absolute atomic E-state index is 9.64. The van der Waals surface area contributed by atoms with Gasteiger partial charge in [0.15, 0.2) is 11.5 Å². The third kappa shape index (κ3) is 3.69. The fourth-order valence-corrected chi connectivity index (χ4v) is 3.05. The van der Waals surface area contributed by atoms with Crippen LogP contribution >= 0.6 is 0 Å². The van der Waals surface area contributed by atoms with Crippen LogP contribution in [0.2, 0.25) is 0 Å². The van der Waals surface area contributed by atoms with Crippen LogP contribution in [-0.2, 0) is 12.8 Å². The topological polar surface area (TPSA) is 81.2 Å². The lowest BCUT2D eigenvalue weighted by Crippen LogP contribution is -2.07. The number of aromatic nitrogens is 1. The summed E-state index contributed by atoms with van der Waals surface area (Å²) in [5.41, 5.74) is 10.3. The Morgan fingerprint density at radius 2 is 1.96 bits per heavy atom. The van der Waals surface area contributed by atoms with Gasteiger partial charge in [-0.15, -0.1) is 0 Å². The maximum Gasteiger partial charge on any atom is 0.161 e. The van der Waals surface area contributed by atoms with Crippen LogP contribution in [0.4, 0.5) is 5.82 Å². The lowest BCUT2D eigenvalue weighted by Gasteiger charge is -2.18. The van der Waals surface area contributed by atoms with Crippen molar-refractivity contribution in [3.63, 3.8) is 0 Å². The maximum atomic E-state index is 9.64. The largest absolute Gasteiger partial charge is 0.493 e. The highest BCUT2D eigenvalue weighted by Gasteiger charge is 2.19. The molecule has 0 radical (unpaired) electrons. The highest BCUT2D eigenvalue weighted by molar-refractivity contribution is 5.80. The summed E-state index contributed by atoms with van der Waals surface area (Å²) in [6.07, 6.45) is 2.58. The van der Waals surface area contributed by atoms with Crippen LogP contribution < -0.4 is 15.2 Å². The summed E-state index contributed by atoms with van der Waals surface area (Å²) in [5.74, 6) is 1.60. The molecule has 0 aliphatic carbocycles. The zero-order valence-electron chi connectivity index (χ0n) is 15.3. The van der Waals surface area contributed by atoms with E-state index in [1.165, 1.54) is 0 Å². The second kappa shape index (κ2) is 8.39. The Balaban J connectivity index is 2.74. The lowest BCUT2D eigenvalue weighted by atomic mass is 9.91. The molecule has 1 aromatic heterocycles. The fourth-order valence-electron chi connectivity index (χ4n) is 3.05. The molecular weight excluding hydrogens is 314 g/mol. The zero-order chi connectivity index (χ0) is 18.4. The van der Waals surface area contributed by atoms with E-state index in [9.17, 15) is 5.26 Å². The van der Waals surface area contributed by atoms with Crippen molar-refractivity contribution < 1.29 is 9.47 Å². The monoisotopic (exact) mass is 339 g/mol. The van der Waals surface area contributed by atoms with E-state index in [1.54, 1.807) is 7.11 Å². The number of hydrogen-bond donors (Lipinski definition) is 1. The van der Waals surface area contributed by atoms with Crippen molar-refractivity contribution in [3.8, 4) is 28.7 Å². The Hall–Kier alpha value is -2.74. The highest BCUT2D eigenvalue weighted by atomic mass is 16.5. The summed E-state index contributed by atoms with van der Waals surface area (Å²) >= 11 is 0. The molecule has 0 aliphatic rings. The first-order valence-electron chi connectivity index (χ1n) is 8.63. The van der Waals surface area contributed by atoms with Gasteiger partial charge < -0.3 is 15.2 Å². The predicted octanol–water partition coefficient (Wildman–Crippen LogP) is 4.12. The molecule has 5 nitrogen and oxygen atoms in total. The summed E-state index contributed by atoms with van der Waals surface area (Å²) in [5, 5.41) is 9.64. The Kier molecular flexibility index (Phi) is 6.24. The fraction of sp³-hybridized carbons (Fsp3) is 0.400. The average Bonchev–Trinajstić information content (AvgIpc) is 2.62. The number of anilines is 1. The summed E-state index contributed by atoms with van der Waals surface area (Å²) in [6.45, 7) is 6.66. The molecule has 0 bridgehead atoms. The van der Waals surface area contributed by atoms with E-state index in [0.29, 0.717) is 23.7 Å². The highest BCUT2D eigenvalue weighted by Crippen LogP contribution is 2.38. The van der Waals surface area contributed by atoms with Gasteiger partial charge in [-0.2, -0.15) is 5.26 Å². The molecule has 1 aromatic carbocycles. The SMILES string of the molecule is CCCc1nc(N)c(C#N)c(-c2ccc(OCC)c(OC)c2)c1CC. The van der Waals surface area contributed by atoms with Crippen LogP contribution in [0.3, 0.4) is 0 Å². The predicted molar refractivity (Wildman–Crippen MR) is 99.9 cm³/mol. The van der Waals surface area contributed by atoms with Gasteiger partial charge in [-0.05, 0) is 43.0 Å². The first kappa shape index (κ1) is 18.6. The third-order valence-electron chi connectivity index (χ3n) is 4.12. The van der Waals surface area contributed by atoms with Crippen molar-refractivity contribution in [3.05, 3.63) is 35.0 Å². The number of pyridine rings is 1. The molecule has 0 fully saturated rings. The van der Waals surface area contributed by atoms with Gasteiger partial charge in [0.1, 0.15) is 17.5 Å². The normalized spacial score (nSPS) is 10.4. The number of methoxy groups -OCH3 is 1. The van der Waals surface area contributed by atoms with Crippen LogP contribution in [0, 0.1) is 11.3 Å². The second-order valence-electron chi connectivity index (χ2n) is 5.69. The molecule has 0 saturated carbocycles. The quantitative estimate of drug-likeness (QED) is 0.820. The number of rotatable bonds is 7. The Morgan fingerprint density at radius 1 is 1.20 bits per heavy atom. The molecule has 132 valence electrons. The molecule has 0 amide bonds. The molecule has 2 aromatic rings. The summed E-state index contributed by atoms with van der Waals surface area (Å²) in [6, 6.07) is 7.93. The number of nitrogens with zero attached hydrogens (tertiary/aromatic N) is 2. The average molecular weight is 339 g/mol. The standard InChI is InChI=1S/C20H25N3O2/c1-5-8-16-14(6-2)19(15(12-21)20(22)23-16)13-9-10-17(25-7-3)18(11-13)24-4/h9-11H,5-8H2,1-4H3,(H2,22,23). The molecular formula is C20H25N3O2. The molecule has 0 saturated heterocycles. The van der Waals surface area contributed by atoms with Gasteiger partial charge in [0.05, 0.1) is 13.7 Å². The number of benzene rings is 1. The minimum atomic E-state index is 0.283. The summed E-state index contributed by atoms with van der Waals surface area (Å²) < 4.78 is 11.1. The Labute approximate surface area is 149 Å². The van der Waals surface area contributed by atoms with E-state index in [4.69, 9.17) is 15.2 Å². The molecule has 0 aliphatic heterocycles. The number of hydrogen-bond acceptors (Lipinski definition) is 5. The van der Waals surface area contributed by atoms with Gasteiger partial charge in [-0.25, -0.2) is 4.98 Å². The van der Waals surface area contributed by atoms with Gasteiger partial charge in [-0.1, -0.05) is 26.3 Å². The lowest BCUT2D eigenvalue weighted by molar-refractivity contribution is 0.311. The number of nitriles is 1. The van der Waals surface area contributed by atoms with E-state index in [0.717, 1.165) is 41.6 Å². The van der Waals surface area contributed by atoms with Crippen molar-refractivity contribution in [2.24, 2.45) is 0 Å². The van der Waals surface area contributed by atoms with Crippen molar-refractivity contribution >= 4 is 5.82 Å². The van der Waals surface area contributed by atoms with E-state index < -0.39 is 0 Å². The number of nitrogens with two attached hydrogens (primary N) is 1. The first-order chi connectivity index (χ1) is 12.1. The number of aryl methyl sites for hydroxylation is 1.